The largest absolute Gasteiger partial charge is 0.293 e. The molecular formula is C8H15N. The van der Waals surface area contributed by atoms with Gasteiger partial charge in [-0.15, -0.1) is 6.58 Å². The van der Waals surface area contributed by atoms with Gasteiger partial charge in [0.2, 0.25) is 0 Å². The average Bonchev–Trinajstić information content (AvgIpc) is 1.80. The van der Waals surface area contributed by atoms with Gasteiger partial charge in [-0.25, -0.2) is 0 Å². The third-order valence-electron chi connectivity index (χ3n) is 0.940. The highest BCUT2D eigenvalue weighted by Crippen LogP contribution is 1.94. The van der Waals surface area contributed by atoms with Gasteiger partial charge < -0.3 is 0 Å². The number of hydrogen-bond acceptors (Lipinski definition) is 1. The van der Waals surface area contributed by atoms with Crippen LogP contribution in [-0.2, 0) is 0 Å². The van der Waals surface area contributed by atoms with Crippen molar-refractivity contribution in [2.24, 2.45) is 10.9 Å². The molecule has 0 unspecified atom stereocenters. The van der Waals surface area contributed by atoms with Crippen molar-refractivity contribution < 1.29 is 0 Å². The van der Waals surface area contributed by atoms with Crippen LogP contribution in [0.3, 0.4) is 0 Å². The van der Waals surface area contributed by atoms with Crippen molar-refractivity contribution in [3.05, 3.63) is 12.7 Å². The van der Waals surface area contributed by atoms with Crippen LogP contribution in [0.1, 0.15) is 20.3 Å². The second kappa shape index (κ2) is 5.54. The summed E-state index contributed by atoms with van der Waals surface area (Å²) in [5.74, 6) is 0.721. The van der Waals surface area contributed by atoms with Gasteiger partial charge in [0.25, 0.3) is 0 Å². The molecule has 0 saturated carbocycles. The molecule has 0 aliphatic carbocycles. The Morgan fingerprint density at radius 2 is 2.22 bits per heavy atom. The Hall–Kier alpha value is -0.590. The number of rotatable bonds is 4. The zero-order valence-electron chi connectivity index (χ0n) is 6.30. The van der Waals surface area contributed by atoms with E-state index in [-0.39, 0.29) is 0 Å². The predicted octanol–water partition coefficient (Wildman–Crippen LogP) is 2.29. The first-order valence-electron chi connectivity index (χ1n) is 3.36. The number of hydrogen-bond donors (Lipinski definition) is 0. The minimum absolute atomic E-state index is 0.721. The maximum Gasteiger partial charge on any atom is 0.0563 e. The molecule has 0 amide bonds. The number of nitrogens with zero attached hydrogens (tertiary/aromatic N) is 1. The van der Waals surface area contributed by atoms with E-state index in [9.17, 15) is 0 Å². The Balaban J connectivity index is 3.14. The van der Waals surface area contributed by atoms with E-state index in [1.165, 1.54) is 0 Å². The molecule has 0 aliphatic heterocycles. The second-order valence-corrected chi connectivity index (χ2v) is 2.47. The molecule has 0 aliphatic rings. The summed E-state index contributed by atoms with van der Waals surface area (Å²) in [7, 11) is 0. The van der Waals surface area contributed by atoms with Crippen molar-refractivity contribution in [3.63, 3.8) is 0 Å². The highest BCUT2D eigenvalue weighted by molar-refractivity contribution is 5.57. The van der Waals surface area contributed by atoms with Gasteiger partial charge in [-0.1, -0.05) is 19.9 Å². The molecule has 0 aromatic carbocycles. The summed E-state index contributed by atoms with van der Waals surface area (Å²) in [6.07, 6.45) is 4.84. The van der Waals surface area contributed by atoms with Crippen LogP contribution in [-0.4, -0.2) is 12.8 Å². The van der Waals surface area contributed by atoms with E-state index in [4.69, 9.17) is 0 Å². The molecule has 0 fully saturated rings. The van der Waals surface area contributed by atoms with Crippen molar-refractivity contribution in [1.29, 1.82) is 0 Å². The molecule has 0 N–H and O–H groups in total. The van der Waals surface area contributed by atoms with Gasteiger partial charge in [0.05, 0.1) is 6.54 Å². The quantitative estimate of drug-likeness (QED) is 0.404. The predicted molar refractivity (Wildman–Crippen MR) is 43.0 cm³/mol. The van der Waals surface area contributed by atoms with Crippen LogP contribution in [0.25, 0.3) is 0 Å². The highest BCUT2D eigenvalue weighted by atomic mass is 14.7. The van der Waals surface area contributed by atoms with E-state index in [0.29, 0.717) is 0 Å². The maximum atomic E-state index is 4.09. The van der Waals surface area contributed by atoms with E-state index in [1.807, 2.05) is 6.21 Å². The lowest BCUT2D eigenvalue weighted by Gasteiger charge is -1.94. The van der Waals surface area contributed by atoms with Gasteiger partial charge in [0, 0.05) is 0 Å². The maximum absolute atomic E-state index is 4.09. The Bertz CT molecular complexity index is 92.7. The van der Waals surface area contributed by atoms with Crippen molar-refractivity contribution in [2.45, 2.75) is 20.3 Å². The van der Waals surface area contributed by atoms with Crippen LogP contribution in [0.5, 0.6) is 0 Å². The van der Waals surface area contributed by atoms with Crippen LogP contribution in [0.15, 0.2) is 17.6 Å². The summed E-state index contributed by atoms with van der Waals surface area (Å²) < 4.78 is 0. The molecule has 0 aromatic heterocycles. The molecule has 9 heavy (non-hydrogen) atoms. The minimum atomic E-state index is 0.721. The van der Waals surface area contributed by atoms with Crippen molar-refractivity contribution in [2.75, 3.05) is 6.54 Å². The zero-order valence-corrected chi connectivity index (χ0v) is 6.30. The van der Waals surface area contributed by atoms with Crippen LogP contribution >= 0.6 is 0 Å². The van der Waals surface area contributed by atoms with E-state index >= 15 is 0 Å². The molecular weight excluding hydrogens is 110 g/mol. The number of aliphatic imine (C=N–C) groups is 1. The van der Waals surface area contributed by atoms with E-state index in [2.05, 4.69) is 25.4 Å². The van der Waals surface area contributed by atoms with Crippen LogP contribution in [0.4, 0.5) is 0 Å². The normalized spacial score (nSPS) is 11.0. The van der Waals surface area contributed by atoms with Crippen LogP contribution in [0, 0.1) is 5.92 Å². The van der Waals surface area contributed by atoms with Crippen molar-refractivity contribution in [3.8, 4) is 0 Å². The average molecular weight is 125 g/mol. The lowest BCUT2D eigenvalue weighted by atomic mass is 10.2. The van der Waals surface area contributed by atoms with Gasteiger partial charge >= 0.3 is 0 Å². The molecule has 0 aromatic rings. The fourth-order valence-electron chi connectivity index (χ4n) is 0.434. The summed E-state index contributed by atoms with van der Waals surface area (Å²) in [5.41, 5.74) is 0. The molecule has 0 bridgehead atoms. The molecule has 0 saturated heterocycles. The summed E-state index contributed by atoms with van der Waals surface area (Å²) in [6.45, 7) is 8.68. The topological polar surface area (TPSA) is 12.4 Å². The molecule has 0 radical (unpaired) electrons. The molecule has 1 nitrogen and oxygen atoms in total. The van der Waals surface area contributed by atoms with Gasteiger partial charge in [0.1, 0.15) is 0 Å². The molecule has 0 spiro atoms. The fraction of sp³-hybridized carbons (Fsp3) is 0.625. The van der Waals surface area contributed by atoms with Crippen LogP contribution < -0.4 is 0 Å². The van der Waals surface area contributed by atoms with E-state index < -0.39 is 0 Å². The molecule has 52 valence electrons. The van der Waals surface area contributed by atoms with Crippen LogP contribution in [0.2, 0.25) is 0 Å². The lowest BCUT2D eigenvalue weighted by molar-refractivity contribution is 0.690. The Kier molecular flexibility index (Phi) is 5.18. The third kappa shape index (κ3) is 7.41. The van der Waals surface area contributed by atoms with E-state index in [1.54, 1.807) is 6.08 Å². The van der Waals surface area contributed by atoms with Gasteiger partial charge in [-0.3, -0.25) is 4.99 Å². The molecule has 1 heteroatoms. The summed E-state index contributed by atoms with van der Waals surface area (Å²) in [6, 6.07) is 0. The standard InChI is InChI=1S/C8H15N/c1-4-6-9-7-5-8(2)3/h4,7-8H,1,5-6H2,2-3H3/b9-7+. The zero-order chi connectivity index (χ0) is 7.11. The third-order valence-corrected chi connectivity index (χ3v) is 0.940. The van der Waals surface area contributed by atoms with Gasteiger partial charge in [-0.05, 0) is 18.6 Å². The summed E-state index contributed by atoms with van der Waals surface area (Å²) in [4.78, 5) is 4.09. The molecule has 0 rings (SSSR count). The molecule has 0 heterocycles. The van der Waals surface area contributed by atoms with Crippen molar-refractivity contribution in [1.82, 2.24) is 0 Å². The Labute approximate surface area is 57.5 Å². The van der Waals surface area contributed by atoms with Gasteiger partial charge in [0.15, 0.2) is 0 Å². The fourth-order valence-corrected chi connectivity index (χ4v) is 0.434. The minimum Gasteiger partial charge on any atom is -0.293 e. The second-order valence-electron chi connectivity index (χ2n) is 2.47. The lowest BCUT2D eigenvalue weighted by Crippen LogP contribution is -1.87. The van der Waals surface area contributed by atoms with E-state index in [0.717, 1.165) is 18.9 Å². The summed E-state index contributed by atoms with van der Waals surface area (Å²) >= 11 is 0. The summed E-state index contributed by atoms with van der Waals surface area (Å²) in [5, 5.41) is 0. The van der Waals surface area contributed by atoms with Crippen molar-refractivity contribution >= 4 is 6.21 Å². The first kappa shape index (κ1) is 8.41. The smallest absolute Gasteiger partial charge is 0.0563 e. The molecule has 0 atom stereocenters. The first-order valence-corrected chi connectivity index (χ1v) is 3.36. The Morgan fingerprint density at radius 3 is 2.67 bits per heavy atom. The SMILES string of the molecule is C=CC/N=C/CC(C)C. The Morgan fingerprint density at radius 1 is 1.56 bits per heavy atom. The monoisotopic (exact) mass is 125 g/mol. The first-order chi connectivity index (χ1) is 4.27. The highest BCUT2D eigenvalue weighted by Gasteiger charge is 1.85. The van der Waals surface area contributed by atoms with Gasteiger partial charge in [-0.2, -0.15) is 0 Å².